The summed E-state index contributed by atoms with van der Waals surface area (Å²) < 4.78 is 26.2. The van der Waals surface area contributed by atoms with E-state index in [0.29, 0.717) is 0 Å². The van der Waals surface area contributed by atoms with Gasteiger partial charge in [0, 0.05) is 30.0 Å². The molecule has 104 valence electrons. The zero-order valence-electron chi connectivity index (χ0n) is 10.0. The molecule has 0 saturated heterocycles. The predicted molar refractivity (Wildman–Crippen MR) is 68.8 cm³/mol. The van der Waals surface area contributed by atoms with Crippen molar-refractivity contribution in [2.45, 2.75) is 0 Å². The SMILES string of the molecule is O=C(Nc1cc(O)cc(O)c1)Nc1cc(F)ccc1F. The largest absolute Gasteiger partial charge is 0.508 e. The van der Waals surface area contributed by atoms with Crippen molar-refractivity contribution < 1.29 is 23.8 Å². The number of nitrogens with one attached hydrogen (secondary N) is 2. The molecular weight excluding hydrogens is 270 g/mol. The first-order chi connectivity index (χ1) is 9.44. The number of hydrogen-bond acceptors (Lipinski definition) is 3. The number of phenolic OH excluding ortho intramolecular Hbond substituents is 2. The van der Waals surface area contributed by atoms with Gasteiger partial charge in [-0.15, -0.1) is 0 Å². The smallest absolute Gasteiger partial charge is 0.323 e. The molecule has 0 saturated carbocycles. The van der Waals surface area contributed by atoms with Crippen LogP contribution in [0, 0.1) is 11.6 Å². The number of hydrogen-bond donors (Lipinski definition) is 4. The summed E-state index contributed by atoms with van der Waals surface area (Å²) in [5, 5.41) is 22.8. The van der Waals surface area contributed by atoms with Gasteiger partial charge in [-0.3, -0.25) is 0 Å². The molecule has 5 nitrogen and oxygen atoms in total. The average molecular weight is 280 g/mol. The van der Waals surface area contributed by atoms with Gasteiger partial charge < -0.3 is 20.8 Å². The maximum atomic E-state index is 13.3. The second-order valence-electron chi connectivity index (χ2n) is 3.94. The number of anilines is 2. The van der Waals surface area contributed by atoms with Crippen LogP contribution >= 0.6 is 0 Å². The minimum Gasteiger partial charge on any atom is -0.508 e. The van der Waals surface area contributed by atoms with Crippen LogP contribution in [-0.2, 0) is 0 Å². The molecule has 20 heavy (non-hydrogen) atoms. The minimum atomic E-state index is -0.848. The lowest BCUT2D eigenvalue weighted by Gasteiger charge is -2.09. The molecular formula is C13H10F2N2O3. The van der Waals surface area contributed by atoms with Crippen LogP contribution in [0.4, 0.5) is 25.0 Å². The Balaban J connectivity index is 2.11. The quantitative estimate of drug-likeness (QED) is 0.682. The van der Waals surface area contributed by atoms with E-state index in [9.17, 15) is 23.8 Å². The lowest BCUT2D eigenvalue weighted by Crippen LogP contribution is -2.20. The van der Waals surface area contributed by atoms with Gasteiger partial charge in [0.1, 0.15) is 23.1 Å². The third-order valence-electron chi connectivity index (χ3n) is 2.34. The molecule has 0 aromatic heterocycles. The van der Waals surface area contributed by atoms with E-state index in [1.807, 2.05) is 0 Å². The average Bonchev–Trinajstić information content (AvgIpc) is 2.32. The van der Waals surface area contributed by atoms with E-state index in [2.05, 4.69) is 10.6 Å². The van der Waals surface area contributed by atoms with Crippen molar-refractivity contribution in [3.63, 3.8) is 0 Å². The molecule has 0 bridgehead atoms. The zero-order valence-corrected chi connectivity index (χ0v) is 10.0. The standard InChI is InChI=1S/C13H10F2N2O3/c14-7-1-2-11(15)12(3-7)17-13(20)16-8-4-9(18)6-10(19)5-8/h1-6,18-19H,(H2,16,17,20). The molecule has 2 aromatic carbocycles. The Morgan fingerprint density at radius 3 is 2.25 bits per heavy atom. The molecule has 4 N–H and O–H groups in total. The Bertz CT molecular complexity index is 642. The van der Waals surface area contributed by atoms with Crippen molar-refractivity contribution in [1.82, 2.24) is 0 Å². The molecule has 7 heteroatoms. The summed E-state index contributed by atoms with van der Waals surface area (Å²) in [6.07, 6.45) is 0. The highest BCUT2D eigenvalue weighted by Crippen LogP contribution is 2.24. The number of benzene rings is 2. The fourth-order valence-corrected chi connectivity index (χ4v) is 1.55. The number of rotatable bonds is 2. The fourth-order valence-electron chi connectivity index (χ4n) is 1.55. The fraction of sp³-hybridized carbons (Fsp3) is 0. The predicted octanol–water partition coefficient (Wildman–Crippen LogP) is 3.02. The highest BCUT2D eigenvalue weighted by Gasteiger charge is 2.09. The minimum absolute atomic E-state index is 0.0943. The van der Waals surface area contributed by atoms with E-state index >= 15 is 0 Å². The van der Waals surface area contributed by atoms with Crippen LogP contribution in [0.2, 0.25) is 0 Å². The molecule has 0 unspecified atom stereocenters. The van der Waals surface area contributed by atoms with Crippen molar-refractivity contribution >= 4 is 17.4 Å². The van der Waals surface area contributed by atoms with Gasteiger partial charge in [0.15, 0.2) is 0 Å². The second-order valence-corrected chi connectivity index (χ2v) is 3.94. The topological polar surface area (TPSA) is 81.6 Å². The Hall–Kier alpha value is -2.83. The first-order valence-corrected chi connectivity index (χ1v) is 5.50. The molecule has 2 rings (SSSR count). The molecule has 2 aromatic rings. The monoisotopic (exact) mass is 280 g/mol. The summed E-state index contributed by atoms with van der Waals surface area (Å²) in [6, 6.07) is 5.23. The Morgan fingerprint density at radius 2 is 1.60 bits per heavy atom. The van der Waals surface area contributed by atoms with Crippen LogP contribution in [0.5, 0.6) is 11.5 Å². The van der Waals surface area contributed by atoms with Gasteiger partial charge in [-0.25, -0.2) is 13.6 Å². The lowest BCUT2D eigenvalue weighted by atomic mass is 10.3. The molecule has 0 atom stereocenters. The highest BCUT2D eigenvalue weighted by molar-refractivity contribution is 6.00. The number of carbonyl (C=O) groups is 1. The number of aromatic hydroxyl groups is 2. The third kappa shape index (κ3) is 3.35. The number of urea groups is 1. The van der Waals surface area contributed by atoms with Gasteiger partial charge >= 0.3 is 6.03 Å². The summed E-state index contributed by atoms with van der Waals surface area (Å²) in [7, 11) is 0. The summed E-state index contributed by atoms with van der Waals surface area (Å²) in [5.41, 5.74) is -0.233. The Kier molecular flexibility index (Phi) is 3.69. The van der Waals surface area contributed by atoms with Crippen LogP contribution in [0.15, 0.2) is 36.4 Å². The summed E-state index contributed by atoms with van der Waals surface area (Å²) in [6.45, 7) is 0. The number of carbonyl (C=O) groups excluding carboxylic acids is 1. The molecule has 0 aliphatic heterocycles. The molecule has 0 heterocycles. The summed E-state index contributed by atoms with van der Waals surface area (Å²) >= 11 is 0. The van der Waals surface area contributed by atoms with Crippen LogP contribution in [-0.4, -0.2) is 16.2 Å². The van der Waals surface area contributed by atoms with E-state index in [0.717, 1.165) is 24.3 Å². The Labute approximate surface area is 112 Å². The van der Waals surface area contributed by atoms with Crippen molar-refractivity contribution in [3.8, 4) is 11.5 Å². The van der Waals surface area contributed by atoms with Gasteiger partial charge in [0.25, 0.3) is 0 Å². The van der Waals surface area contributed by atoms with Crippen molar-refractivity contribution in [2.75, 3.05) is 10.6 Å². The third-order valence-corrected chi connectivity index (χ3v) is 2.34. The van der Waals surface area contributed by atoms with Crippen LogP contribution in [0.25, 0.3) is 0 Å². The van der Waals surface area contributed by atoms with Crippen LogP contribution in [0.3, 0.4) is 0 Å². The van der Waals surface area contributed by atoms with Crippen molar-refractivity contribution in [1.29, 1.82) is 0 Å². The molecule has 0 spiro atoms. The first kappa shape index (κ1) is 13.6. The lowest BCUT2D eigenvalue weighted by molar-refractivity contribution is 0.262. The zero-order chi connectivity index (χ0) is 14.7. The summed E-state index contributed by atoms with van der Waals surface area (Å²) in [5.74, 6) is -1.99. The van der Waals surface area contributed by atoms with Gasteiger partial charge in [-0.2, -0.15) is 0 Å². The van der Waals surface area contributed by atoms with E-state index in [-0.39, 0.29) is 22.9 Å². The van der Waals surface area contributed by atoms with E-state index in [4.69, 9.17) is 0 Å². The first-order valence-electron chi connectivity index (χ1n) is 5.50. The molecule has 2 amide bonds. The normalized spacial score (nSPS) is 10.1. The van der Waals surface area contributed by atoms with E-state index in [1.165, 1.54) is 12.1 Å². The molecule has 0 fully saturated rings. The summed E-state index contributed by atoms with van der Waals surface area (Å²) in [4.78, 5) is 11.6. The maximum absolute atomic E-state index is 13.3. The van der Waals surface area contributed by atoms with Crippen LogP contribution in [0.1, 0.15) is 0 Å². The van der Waals surface area contributed by atoms with Gasteiger partial charge in [0.05, 0.1) is 5.69 Å². The maximum Gasteiger partial charge on any atom is 0.323 e. The van der Waals surface area contributed by atoms with Gasteiger partial charge in [-0.1, -0.05) is 0 Å². The van der Waals surface area contributed by atoms with E-state index in [1.54, 1.807) is 0 Å². The van der Waals surface area contributed by atoms with Gasteiger partial charge in [0.2, 0.25) is 0 Å². The molecule has 0 aliphatic carbocycles. The van der Waals surface area contributed by atoms with Crippen molar-refractivity contribution in [2.24, 2.45) is 0 Å². The highest BCUT2D eigenvalue weighted by atomic mass is 19.1. The van der Waals surface area contributed by atoms with E-state index < -0.39 is 17.7 Å². The van der Waals surface area contributed by atoms with Crippen molar-refractivity contribution in [3.05, 3.63) is 48.0 Å². The number of amides is 2. The van der Waals surface area contributed by atoms with Gasteiger partial charge in [-0.05, 0) is 12.1 Å². The second kappa shape index (κ2) is 5.43. The Morgan fingerprint density at radius 1 is 0.950 bits per heavy atom. The van der Waals surface area contributed by atoms with Crippen LogP contribution < -0.4 is 10.6 Å². The molecule has 0 aliphatic rings. The number of phenols is 2. The number of halogens is 2. The molecule has 0 radical (unpaired) electrons.